The second kappa shape index (κ2) is 3.65. The maximum Gasteiger partial charge on any atom is 0.0352 e. The Balaban J connectivity index is 2.29. The normalized spacial score (nSPS) is 21.7. The quantitative estimate of drug-likeness (QED) is 0.512. The molecule has 1 nitrogen and oxygen atoms in total. The van der Waals surface area contributed by atoms with Gasteiger partial charge in [-0.3, -0.25) is 0 Å². The van der Waals surface area contributed by atoms with Gasteiger partial charge < -0.3 is 5.73 Å². The van der Waals surface area contributed by atoms with Gasteiger partial charge in [0.25, 0.3) is 0 Å². The average molecular weight is 173 g/mol. The second-order valence-corrected chi connectivity index (χ2v) is 3.59. The summed E-state index contributed by atoms with van der Waals surface area (Å²) in [6.45, 7) is 0. The Kier molecular flexibility index (Phi) is 2.35. The SMILES string of the molecule is Nc1ccccc1[C@H]1C=CCCC1. The fourth-order valence-electron chi connectivity index (χ4n) is 1.92. The molecule has 0 saturated heterocycles. The molecular formula is C12H15N. The van der Waals surface area contributed by atoms with Crippen molar-refractivity contribution >= 4 is 5.69 Å². The molecular weight excluding hydrogens is 158 g/mol. The van der Waals surface area contributed by atoms with Crippen LogP contribution >= 0.6 is 0 Å². The van der Waals surface area contributed by atoms with E-state index in [2.05, 4.69) is 24.3 Å². The van der Waals surface area contributed by atoms with Crippen LogP contribution in [0.5, 0.6) is 0 Å². The molecule has 1 atom stereocenters. The number of hydrogen-bond donors (Lipinski definition) is 1. The van der Waals surface area contributed by atoms with Crippen molar-refractivity contribution < 1.29 is 0 Å². The number of benzene rings is 1. The zero-order chi connectivity index (χ0) is 9.10. The van der Waals surface area contributed by atoms with Crippen molar-refractivity contribution in [1.82, 2.24) is 0 Å². The second-order valence-electron chi connectivity index (χ2n) is 3.59. The molecule has 1 aliphatic carbocycles. The molecule has 0 bridgehead atoms. The van der Waals surface area contributed by atoms with Gasteiger partial charge in [0.2, 0.25) is 0 Å². The van der Waals surface area contributed by atoms with Gasteiger partial charge in [-0.1, -0.05) is 30.4 Å². The molecule has 0 radical (unpaired) electrons. The third-order valence-electron chi connectivity index (χ3n) is 2.65. The van der Waals surface area contributed by atoms with E-state index in [1.807, 2.05) is 12.1 Å². The third kappa shape index (κ3) is 1.74. The van der Waals surface area contributed by atoms with Crippen LogP contribution in [0.25, 0.3) is 0 Å². The smallest absolute Gasteiger partial charge is 0.0352 e. The molecule has 1 aliphatic rings. The maximum atomic E-state index is 5.92. The largest absolute Gasteiger partial charge is 0.398 e. The molecule has 68 valence electrons. The van der Waals surface area contributed by atoms with Crippen LogP contribution in [-0.4, -0.2) is 0 Å². The van der Waals surface area contributed by atoms with Gasteiger partial charge in [-0.15, -0.1) is 0 Å². The van der Waals surface area contributed by atoms with Crippen LogP contribution in [-0.2, 0) is 0 Å². The molecule has 0 aromatic heterocycles. The summed E-state index contributed by atoms with van der Waals surface area (Å²) in [5.41, 5.74) is 8.14. The molecule has 0 spiro atoms. The number of anilines is 1. The van der Waals surface area contributed by atoms with Crippen LogP contribution < -0.4 is 5.73 Å². The Hall–Kier alpha value is -1.24. The summed E-state index contributed by atoms with van der Waals surface area (Å²) in [6.07, 6.45) is 8.30. The van der Waals surface area contributed by atoms with Crippen LogP contribution in [0.3, 0.4) is 0 Å². The van der Waals surface area contributed by atoms with Crippen LogP contribution in [0.4, 0.5) is 5.69 Å². The van der Waals surface area contributed by atoms with Crippen molar-refractivity contribution in [2.24, 2.45) is 0 Å². The minimum Gasteiger partial charge on any atom is -0.398 e. The highest BCUT2D eigenvalue weighted by Crippen LogP contribution is 2.30. The van der Waals surface area contributed by atoms with Gasteiger partial charge in [0.05, 0.1) is 0 Å². The Morgan fingerprint density at radius 2 is 2.08 bits per heavy atom. The van der Waals surface area contributed by atoms with Crippen molar-refractivity contribution in [2.45, 2.75) is 25.2 Å². The molecule has 1 aromatic carbocycles. The summed E-state index contributed by atoms with van der Waals surface area (Å²) in [7, 11) is 0. The van der Waals surface area contributed by atoms with E-state index in [0.29, 0.717) is 5.92 Å². The van der Waals surface area contributed by atoms with Gasteiger partial charge in [-0.05, 0) is 30.9 Å². The Bertz CT molecular complexity index is 315. The lowest BCUT2D eigenvalue weighted by Crippen LogP contribution is -2.02. The summed E-state index contributed by atoms with van der Waals surface area (Å²) >= 11 is 0. The molecule has 1 heteroatoms. The Morgan fingerprint density at radius 3 is 2.77 bits per heavy atom. The van der Waals surface area contributed by atoms with Crippen molar-refractivity contribution in [1.29, 1.82) is 0 Å². The monoisotopic (exact) mass is 173 g/mol. The van der Waals surface area contributed by atoms with E-state index in [4.69, 9.17) is 5.73 Å². The predicted molar refractivity (Wildman–Crippen MR) is 56.6 cm³/mol. The van der Waals surface area contributed by atoms with Gasteiger partial charge >= 0.3 is 0 Å². The third-order valence-corrected chi connectivity index (χ3v) is 2.65. The van der Waals surface area contributed by atoms with Crippen molar-refractivity contribution in [3.63, 3.8) is 0 Å². The lowest BCUT2D eigenvalue weighted by atomic mass is 9.88. The molecule has 0 fully saturated rings. The predicted octanol–water partition coefficient (Wildman–Crippen LogP) is 3.09. The summed E-state index contributed by atoms with van der Waals surface area (Å²) < 4.78 is 0. The zero-order valence-corrected chi connectivity index (χ0v) is 7.74. The summed E-state index contributed by atoms with van der Waals surface area (Å²) in [5.74, 6) is 0.551. The fourth-order valence-corrected chi connectivity index (χ4v) is 1.92. The fraction of sp³-hybridized carbons (Fsp3) is 0.333. The first-order valence-electron chi connectivity index (χ1n) is 4.89. The van der Waals surface area contributed by atoms with E-state index < -0.39 is 0 Å². The van der Waals surface area contributed by atoms with Crippen molar-refractivity contribution in [3.8, 4) is 0 Å². The first-order chi connectivity index (χ1) is 6.38. The summed E-state index contributed by atoms with van der Waals surface area (Å²) in [6, 6.07) is 8.17. The molecule has 0 saturated carbocycles. The summed E-state index contributed by atoms with van der Waals surface area (Å²) in [5, 5.41) is 0. The average Bonchev–Trinajstić information content (AvgIpc) is 2.20. The molecule has 2 rings (SSSR count). The highest BCUT2D eigenvalue weighted by atomic mass is 14.6. The lowest BCUT2D eigenvalue weighted by Gasteiger charge is -2.18. The highest BCUT2D eigenvalue weighted by Gasteiger charge is 2.12. The first kappa shape index (κ1) is 8.36. The van der Waals surface area contributed by atoms with Gasteiger partial charge in [0.1, 0.15) is 0 Å². The topological polar surface area (TPSA) is 26.0 Å². The number of para-hydroxylation sites is 1. The molecule has 1 aromatic rings. The van der Waals surface area contributed by atoms with Crippen molar-refractivity contribution in [3.05, 3.63) is 42.0 Å². The molecule has 0 heterocycles. The van der Waals surface area contributed by atoms with Gasteiger partial charge in [-0.25, -0.2) is 0 Å². The Labute approximate surface area is 79.3 Å². The number of hydrogen-bond acceptors (Lipinski definition) is 1. The number of allylic oxidation sites excluding steroid dienone is 2. The van der Waals surface area contributed by atoms with Gasteiger partial charge in [0.15, 0.2) is 0 Å². The van der Waals surface area contributed by atoms with E-state index in [1.165, 1.54) is 24.8 Å². The molecule has 13 heavy (non-hydrogen) atoms. The lowest BCUT2D eigenvalue weighted by molar-refractivity contribution is 0.656. The minimum absolute atomic E-state index is 0.551. The minimum atomic E-state index is 0.551. The van der Waals surface area contributed by atoms with E-state index in [0.717, 1.165) is 5.69 Å². The van der Waals surface area contributed by atoms with E-state index in [9.17, 15) is 0 Å². The molecule has 0 amide bonds. The van der Waals surface area contributed by atoms with Crippen LogP contribution in [0, 0.1) is 0 Å². The number of nitrogens with two attached hydrogens (primary N) is 1. The Morgan fingerprint density at radius 1 is 1.23 bits per heavy atom. The van der Waals surface area contributed by atoms with Gasteiger partial charge in [-0.2, -0.15) is 0 Å². The maximum absolute atomic E-state index is 5.92. The van der Waals surface area contributed by atoms with Gasteiger partial charge in [0, 0.05) is 11.6 Å². The molecule has 0 unspecified atom stereocenters. The highest BCUT2D eigenvalue weighted by molar-refractivity contribution is 5.49. The van der Waals surface area contributed by atoms with Crippen molar-refractivity contribution in [2.75, 3.05) is 5.73 Å². The number of nitrogen functional groups attached to an aromatic ring is 1. The first-order valence-corrected chi connectivity index (χ1v) is 4.89. The number of rotatable bonds is 1. The molecule has 2 N–H and O–H groups in total. The molecule has 0 aliphatic heterocycles. The van der Waals surface area contributed by atoms with E-state index in [1.54, 1.807) is 0 Å². The standard InChI is InChI=1S/C12H15N/c13-12-9-5-4-8-11(12)10-6-2-1-3-7-10/h2,4-6,8-10H,1,3,7,13H2/t10-/m0/s1. The van der Waals surface area contributed by atoms with Crippen LogP contribution in [0.1, 0.15) is 30.7 Å². The van der Waals surface area contributed by atoms with E-state index in [-0.39, 0.29) is 0 Å². The van der Waals surface area contributed by atoms with Crippen LogP contribution in [0.15, 0.2) is 36.4 Å². The zero-order valence-electron chi connectivity index (χ0n) is 7.74. The van der Waals surface area contributed by atoms with Crippen LogP contribution in [0.2, 0.25) is 0 Å². The van der Waals surface area contributed by atoms with E-state index >= 15 is 0 Å². The summed E-state index contributed by atoms with van der Waals surface area (Å²) in [4.78, 5) is 0.